The first-order valence-electron chi connectivity index (χ1n) is 8.49. The molecule has 0 aliphatic carbocycles. The first kappa shape index (κ1) is 20.8. The zero-order valence-corrected chi connectivity index (χ0v) is 15.6. The van der Waals surface area contributed by atoms with Gasteiger partial charge < -0.3 is 21.5 Å². The molecule has 0 aromatic carbocycles. The van der Waals surface area contributed by atoms with Crippen LogP contribution in [-0.4, -0.2) is 36.5 Å². The largest absolute Gasteiger partial charge is 1.00 e. The summed E-state index contributed by atoms with van der Waals surface area (Å²) < 4.78 is 1.21. The highest BCUT2D eigenvalue weighted by molar-refractivity contribution is 7.80. The van der Waals surface area contributed by atoms with Gasteiger partial charge in [-0.15, -0.1) is 0 Å². The van der Waals surface area contributed by atoms with Gasteiger partial charge in [0.15, 0.2) is 0 Å². The van der Waals surface area contributed by atoms with Gasteiger partial charge in [0.1, 0.15) is 6.67 Å². The van der Waals surface area contributed by atoms with E-state index in [-0.39, 0.29) is 17.0 Å². The number of nitrogens with zero attached hydrogens (tertiary/aromatic N) is 1. The van der Waals surface area contributed by atoms with Gasteiger partial charge in [-0.05, 0) is 44.3 Å². The lowest BCUT2D eigenvalue weighted by molar-refractivity contribution is -0.932. The number of likely N-dealkylation sites (tertiary alicyclic amines) is 1. The van der Waals surface area contributed by atoms with Gasteiger partial charge in [-0.1, -0.05) is 32.1 Å². The first-order valence-corrected chi connectivity index (χ1v) is 9.12. The highest BCUT2D eigenvalue weighted by Gasteiger charge is 2.27. The van der Waals surface area contributed by atoms with E-state index in [1.54, 1.807) is 0 Å². The van der Waals surface area contributed by atoms with E-state index in [2.05, 4.69) is 12.6 Å². The second-order valence-corrected chi connectivity index (χ2v) is 6.75. The van der Waals surface area contributed by atoms with Gasteiger partial charge in [0.05, 0.1) is 19.6 Å². The summed E-state index contributed by atoms with van der Waals surface area (Å²) in [6, 6.07) is 0. The minimum absolute atomic E-state index is 0. The fourth-order valence-corrected chi connectivity index (χ4v) is 3.52. The Hall–Kier alpha value is 0.750. The second-order valence-electron chi connectivity index (χ2n) is 6.31. The van der Waals surface area contributed by atoms with Gasteiger partial charge in [-0.2, -0.15) is 12.6 Å². The lowest BCUT2D eigenvalue weighted by Crippen LogP contribution is -3.00. The van der Waals surface area contributed by atoms with Crippen LogP contribution >= 0.6 is 12.6 Å². The monoisotopic (exact) mass is 366 g/mol. The molecule has 4 heteroatoms. The topological polar surface area (TPSA) is 26.0 Å². The van der Waals surface area contributed by atoms with E-state index in [9.17, 15) is 0 Å². The fourth-order valence-electron chi connectivity index (χ4n) is 3.30. The van der Waals surface area contributed by atoms with Crippen LogP contribution < -0.4 is 22.7 Å². The summed E-state index contributed by atoms with van der Waals surface area (Å²) in [7, 11) is 0. The number of unbranched alkanes of at least 4 members (excludes halogenated alkanes) is 7. The number of halogens is 1. The Balaban J connectivity index is 0.00000361. The Morgan fingerprint density at radius 1 is 0.750 bits per heavy atom. The molecule has 0 amide bonds. The zero-order chi connectivity index (χ0) is 13.8. The predicted octanol–water partition coefficient (Wildman–Crippen LogP) is 0.958. The van der Waals surface area contributed by atoms with Crippen molar-refractivity contribution < 1.29 is 21.5 Å². The van der Waals surface area contributed by atoms with Crippen LogP contribution in [0.1, 0.15) is 70.6 Å². The quantitative estimate of drug-likeness (QED) is 0.318. The number of rotatable bonds is 11. The van der Waals surface area contributed by atoms with Crippen LogP contribution in [0.2, 0.25) is 0 Å². The lowest BCUT2D eigenvalue weighted by Gasteiger charge is -2.40. The molecule has 0 radical (unpaired) electrons. The van der Waals surface area contributed by atoms with Crippen LogP contribution in [0.3, 0.4) is 0 Å². The van der Waals surface area contributed by atoms with Gasteiger partial charge in [0.2, 0.25) is 0 Å². The van der Waals surface area contributed by atoms with E-state index >= 15 is 0 Å². The number of piperidine rings is 1. The maximum atomic E-state index is 6.01. The minimum Gasteiger partial charge on any atom is -1.00 e. The highest BCUT2D eigenvalue weighted by atomic mass is 79.9. The van der Waals surface area contributed by atoms with Gasteiger partial charge in [0, 0.05) is 0 Å². The van der Waals surface area contributed by atoms with Crippen molar-refractivity contribution >= 4 is 12.6 Å². The van der Waals surface area contributed by atoms with Crippen molar-refractivity contribution in [2.45, 2.75) is 70.6 Å². The van der Waals surface area contributed by atoms with Gasteiger partial charge >= 0.3 is 0 Å². The summed E-state index contributed by atoms with van der Waals surface area (Å²) in [6.07, 6.45) is 15.3. The molecule has 2 N–H and O–H groups in total. The van der Waals surface area contributed by atoms with Crippen LogP contribution in [0.25, 0.3) is 0 Å². The Kier molecular flexibility index (Phi) is 13.9. The van der Waals surface area contributed by atoms with Crippen molar-refractivity contribution in [2.24, 2.45) is 5.73 Å². The first-order chi connectivity index (χ1) is 9.33. The molecule has 1 rings (SSSR count). The summed E-state index contributed by atoms with van der Waals surface area (Å²) in [6.45, 7) is 4.86. The molecule has 1 fully saturated rings. The van der Waals surface area contributed by atoms with Crippen LogP contribution in [0, 0.1) is 0 Å². The summed E-state index contributed by atoms with van der Waals surface area (Å²) >= 11 is 4.25. The number of hydrogen-bond acceptors (Lipinski definition) is 2. The van der Waals surface area contributed by atoms with Gasteiger partial charge in [-0.25, -0.2) is 0 Å². The SMILES string of the molecule is NC[N+]1(CCCCCCCCCCS)CCCCC1.[Br-]. The molecule has 20 heavy (non-hydrogen) atoms. The van der Waals surface area contributed by atoms with Crippen molar-refractivity contribution in [3.05, 3.63) is 0 Å². The maximum absolute atomic E-state index is 6.01. The fraction of sp³-hybridized carbons (Fsp3) is 1.00. The second kappa shape index (κ2) is 13.4. The lowest BCUT2D eigenvalue weighted by atomic mass is 10.1. The summed E-state index contributed by atoms with van der Waals surface area (Å²) in [5.74, 6) is 1.05. The van der Waals surface area contributed by atoms with E-state index in [0.717, 1.165) is 12.4 Å². The molecule has 1 saturated heterocycles. The molecule has 122 valence electrons. The molecular formula is C16H35BrN2S. The summed E-state index contributed by atoms with van der Waals surface area (Å²) in [5, 5.41) is 0. The number of hydrogen-bond donors (Lipinski definition) is 2. The summed E-state index contributed by atoms with van der Waals surface area (Å²) in [5.41, 5.74) is 6.01. The van der Waals surface area contributed by atoms with Crippen molar-refractivity contribution in [3.63, 3.8) is 0 Å². The molecule has 2 nitrogen and oxygen atoms in total. The average Bonchev–Trinajstić information content (AvgIpc) is 2.46. The van der Waals surface area contributed by atoms with E-state index in [4.69, 9.17) is 5.73 Å². The Morgan fingerprint density at radius 2 is 1.25 bits per heavy atom. The summed E-state index contributed by atoms with van der Waals surface area (Å²) in [4.78, 5) is 0. The van der Waals surface area contributed by atoms with Crippen molar-refractivity contribution in [3.8, 4) is 0 Å². The van der Waals surface area contributed by atoms with Crippen molar-refractivity contribution in [2.75, 3.05) is 32.1 Å². The van der Waals surface area contributed by atoms with Crippen LogP contribution in [0.5, 0.6) is 0 Å². The average molecular weight is 367 g/mol. The Labute approximate surface area is 142 Å². The molecule has 1 aliphatic heterocycles. The van der Waals surface area contributed by atoms with Crippen LogP contribution in [0.4, 0.5) is 0 Å². The molecule has 1 aliphatic rings. The van der Waals surface area contributed by atoms with Crippen molar-refractivity contribution in [1.29, 1.82) is 0 Å². The smallest absolute Gasteiger partial charge is 0.130 e. The molecule has 0 aromatic rings. The molecule has 0 atom stereocenters. The third-order valence-electron chi connectivity index (χ3n) is 4.69. The van der Waals surface area contributed by atoms with E-state index in [0.29, 0.717) is 0 Å². The number of thiol groups is 1. The van der Waals surface area contributed by atoms with Crippen molar-refractivity contribution in [1.82, 2.24) is 0 Å². The third kappa shape index (κ3) is 8.91. The van der Waals surface area contributed by atoms with E-state index in [1.165, 1.54) is 94.7 Å². The molecule has 0 unspecified atom stereocenters. The highest BCUT2D eigenvalue weighted by Crippen LogP contribution is 2.19. The molecule has 1 heterocycles. The number of nitrogens with two attached hydrogens (primary N) is 1. The van der Waals surface area contributed by atoms with Gasteiger partial charge in [0.25, 0.3) is 0 Å². The van der Waals surface area contributed by atoms with E-state index in [1.807, 2.05) is 0 Å². The zero-order valence-electron chi connectivity index (χ0n) is 13.2. The molecule has 0 saturated carbocycles. The third-order valence-corrected chi connectivity index (χ3v) is 5.01. The standard InChI is InChI=1S/C16H34N2S.BrH/c17-16-18(13-9-7-10-14-18)12-8-5-3-1-2-4-6-11-15-19;/h1-17H2;1H. The van der Waals surface area contributed by atoms with Gasteiger partial charge in [-0.3, -0.25) is 5.73 Å². The van der Waals surface area contributed by atoms with Crippen LogP contribution in [0.15, 0.2) is 0 Å². The normalized spacial score (nSPS) is 17.7. The minimum atomic E-state index is 0. The molecule has 0 spiro atoms. The Morgan fingerprint density at radius 3 is 1.75 bits per heavy atom. The van der Waals surface area contributed by atoms with E-state index < -0.39 is 0 Å². The number of quaternary nitrogens is 1. The van der Waals surface area contributed by atoms with Crippen LogP contribution in [-0.2, 0) is 0 Å². The Bertz CT molecular complexity index is 209. The molecule has 0 aromatic heterocycles. The molecular weight excluding hydrogens is 332 g/mol. The molecule has 0 bridgehead atoms. The predicted molar refractivity (Wildman–Crippen MR) is 88.6 cm³/mol. The maximum Gasteiger partial charge on any atom is 0.130 e.